The molecule has 0 aliphatic carbocycles. The van der Waals surface area contributed by atoms with Crippen LogP contribution in [0.3, 0.4) is 0 Å². The molecule has 1 unspecified atom stereocenters. The lowest BCUT2D eigenvalue weighted by Crippen LogP contribution is -2.08. The highest BCUT2D eigenvalue weighted by atomic mass is 32.2. The Labute approximate surface area is 109 Å². The Balaban J connectivity index is 2.70. The van der Waals surface area contributed by atoms with E-state index in [1.807, 2.05) is 11.8 Å². The first kappa shape index (κ1) is 13.7. The van der Waals surface area contributed by atoms with Crippen LogP contribution >= 0.6 is 24.4 Å². The van der Waals surface area contributed by atoms with Crippen LogP contribution in [0.4, 0.5) is 0 Å². The van der Waals surface area contributed by atoms with Crippen LogP contribution in [0.5, 0.6) is 0 Å². The summed E-state index contributed by atoms with van der Waals surface area (Å²) < 4.78 is 0. The quantitative estimate of drug-likeness (QED) is 0.736. The lowest BCUT2D eigenvalue weighted by molar-refractivity contribution is 0.892. The van der Waals surface area contributed by atoms with Gasteiger partial charge < -0.3 is 0 Å². The summed E-state index contributed by atoms with van der Waals surface area (Å²) in [6.45, 7) is 8.51. The third-order valence-corrected chi connectivity index (χ3v) is 4.15. The molecule has 1 aromatic rings. The van der Waals surface area contributed by atoms with Crippen LogP contribution in [-0.2, 0) is 0 Å². The zero-order valence-electron chi connectivity index (χ0n) is 10.1. The van der Waals surface area contributed by atoms with Gasteiger partial charge in [0.2, 0.25) is 0 Å². The lowest BCUT2D eigenvalue weighted by Gasteiger charge is -2.17. The molecule has 2 heteroatoms. The molecule has 0 spiro atoms. The van der Waals surface area contributed by atoms with E-state index < -0.39 is 0 Å². The molecule has 16 heavy (non-hydrogen) atoms. The number of allylic oxidation sites excluding steroid dienone is 1. The maximum Gasteiger partial charge on any atom is 0.00173 e. The molecule has 0 amide bonds. The van der Waals surface area contributed by atoms with Gasteiger partial charge in [-0.15, -0.1) is 0 Å². The molecule has 0 aliphatic heterocycles. The van der Waals surface area contributed by atoms with Crippen molar-refractivity contribution in [3.05, 3.63) is 42.0 Å². The van der Waals surface area contributed by atoms with Crippen molar-refractivity contribution in [1.82, 2.24) is 0 Å². The number of hydrogen-bond donors (Lipinski definition) is 1. The van der Waals surface area contributed by atoms with Gasteiger partial charge >= 0.3 is 0 Å². The van der Waals surface area contributed by atoms with Crippen LogP contribution in [0.2, 0.25) is 0 Å². The highest BCUT2D eigenvalue weighted by Gasteiger charge is 2.12. The zero-order chi connectivity index (χ0) is 12.0. The number of rotatable bonds is 6. The molecule has 1 atom stereocenters. The van der Waals surface area contributed by atoms with Crippen molar-refractivity contribution < 1.29 is 0 Å². The molecule has 0 fully saturated rings. The van der Waals surface area contributed by atoms with E-state index in [9.17, 15) is 0 Å². The summed E-state index contributed by atoms with van der Waals surface area (Å²) in [5.74, 6) is 3.63. The summed E-state index contributed by atoms with van der Waals surface area (Å²) in [4.78, 5) is 0. The first-order valence-electron chi connectivity index (χ1n) is 5.63. The summed E-state index contributed by atoms with van der Waals surface area (Å²) in [6, 6.07) is 8.60. The van der Waals surface area contributed by atoms with Gasteiger partial charge in [0.25, 0.3) is 0 Å². The summed E-state index contributed by atoms with van der Waals surface area (Å²) in [6.07, 6.45) is 0. The van der Waals surface area contributed by atoms with Crippen molar-refractivity contribution in [3.63, 3.8) is 0 Å². The van der Waals surface area contributed by atoms with Crippen molar-refractivity contribution in [2.75, 3.05) is 17.3 Å². The molecule has 0 saturated heterocycles. The molecule has 0 radical (unpaired) electrons. The highest BCUT2D eigenvalue weighted by Crippen LogP contribution is 2.26. The summed E-state index contributed by atoms with van der Waals surface area (Å²) in [7, 11) is 0. The Hall–Kier alpha value is -0.340. The maximum atomic E-state index is 4.42. The van der Waals surface area contributed by atoms with Crippen molar-refractivity contribution in [2.45, 2.75) is 13.8 Å². The standard InChI is InChI=1S/C14H20S2/c1-4-16-10-14(9-15)12(3)13-7-5-11(2)6-8-13/h5-8,14-15H,3-4,9-10H2,1-2H3. The van der Waals surface area contributed by atoms with Gasteiger partial charge in [-0.3, -0.25) is 0 Å². The second-order valence-corrected chi connectivity index (χ2v) is 5.61. The van der Waals surface area contributed by atoms with E-state index in [0.717, 1.165) is 17.3 Å². The molecule has 0 saturated carbocycles. The number of thioether (sulfide) groups is 1. The Morgan fingerprint density at radius 1 is 1.38 bits per heavy atom. The molecule has 0 nitrogen and oxygen atoms in total. The van der Waals surface area contributed by atoms with Gasteiger partial charge in [-0.05, 0) is 29.6 Å². The Morgan fingerprint density at radius 3 is 2.50 bits per heavy atom. The minimum atomic E-state index is 0.482. The van der Waals surface area contributed by atoms with Crippen LogP contribution in [0, 0.1) is 12.8 Å². The Bertz CT molecular complexity index is 327. The zero-order valence-corrected chi connectivity index (χ0v) is 11.8. The summed E-state index contributed by atoms with van der Waals surface area (Å²) in [5.41, 5.74) is 3.76. The molecule has 0 aliphatic rings. The van der Waals surface area contributed by atoms with Crippen LogP contribution < -0.4 is 0 Å². The summed E-state index contributed by atoms with van der Waals surface area (Å²) in [5, 5.41) is 0. The van der Waals surface area contributed by atoms with E-state index in [4.69, 9.17) is 0 Å². The van der Waals surface area contributed by atoms with Gasteiger partial charge in [-0.2, -0.15) is 24.4 Å². The van der Waals surface area contributed by atoms with E-state index >= 15 is 0 Å². The number of thiol groups is 1. The molecule has 88 valence electrons. The van der Waals surface area contributed by atoms with Crippen molar-refractivity contribution >= 4 is 30.0 Å². The third kappa shape index (κ3) is 3.91. The minimum absolute atomic E-state index is 0.482. The van der Waals surface area contributed by atoms with Crippen molar-refractivity contribution in [1.29, 1.82) is 0 Å². The fourth-order valence-electron chi connectivity index (χ4n) is 1.53. The van der Waals surface area contributed by atoms with Crippen LogP contribution in [0.1, 0.15) is 18.1 Å². The maximum absolute atomic E-state index is 4.42. The minimum Gasteiger partial charge on any atom is -0.179 e. The van der Waals surface area contributed by atoms with E-state index in [2.05, 4.69) is 57.3 Å². The largest absolute Gasteiger partial charge is 0.179 e. The third-order valence-electron chi connectivity index (χ3n) is 2.66. The fraction of sp³-hybridized carbons (Fsp3) is 0.429. The monoisotopic (exact) mass is 252 g/mol. The average molecular weight is 252 g/mol. The average Bonchev–Trinajstić information content (AvgIpc) is 2.30. The van der Waals surface area contributed by atoms with Crippen LogP contribution in [0.25, 0.3) is 5.57 Å². The second kappa shape index (κ2) is 7.08. The predicted octanol–water partition coefficient (Wildman–Crippen LogP) is 4.31. The van der Waals surface area contributed by atoms with Crippen molar-refractivity contribution in [3.8, 4) is 0 Å². The van der Waals surface area contributed by atoms with Crippen LogP contribution in [0.15, 0.2) is 30.8 Å². The molecule has 0 N–H and O–H groups in total. The van der Waals surface area contributed by atoms with E-state index in [1.54, 1.807) is 0 Å². The molecule has 0 aromatic heterocycles. The Morgan fingerprint density at radius 2 is 2.00 bits per heavy atom. The fourth-order valence-corrected chi connectivity index (χ4v) is 2.89. The van der Waals surface area contributed by atoms with Gasteiger partial charge in [0.15, 0.2) is 0 Å². The molecular formula is C14H20S2. The predicted molar refractivity (Wildman–Crippen MR) is 80.6 cm³/mol. The number of hydrogen-bond acceptors (Lipinski definition) is 2. The summed E-state index contributed by atoms with van der Waals surface area (Å²) >= 11 is 6.38. The molecule has 1 aromatic carbocycles. The second-order valence-electron chi connectivity index (χ2n) is 3.93. The number of benzene rings is 1. The molecule has 0 bridgehead atoms. The lowest BCUT2D eigenvalue weighted by atomic mass is 9.96. The first-order chi connectivity index (χ1) is 7.69. The smallest absolute Gasteiger partial charge is 0.00173 e. The normalized spacial score (nSPS) is 12.4. The Kier molecular flexibility index (Phi) is 6.07. The first-order valence-corrected chi connectivity index (χ1v) is 7.42. The van der Waals surface area contributed by atoms with Gasteiger partial charge in [0, 0.05) is 11.7 Å². The molecular weight excluding hydrogens is 232 g/mol. The van der Waals surface area contributed by atoms with Crippen LogP contribution in [-0.4, -0.2) is 17.3 Å². The van der Waals surface area contributed by atoms with Gasteiger partial charge in [0.1, 0.15) is 0 Å². The van der Waals surface area contributed by atoms with Gasteiger partial charge in [-0.25, -0.2) is 0 Å². The van der Waals surface area contributed by atoms with E-state index in [0.29, 0.717) is 5.92 Å². The van der Waals surface area contributed by atoms with E-state index in [1.165, 1.54) is 16.7 Å². The highest BCUT2D eigenvalue weighted by molar-refractivity contribution is 7.99. The number of aryl methyl sites for hydroxylation is 1. The van der Waals surface area contributed by atoms with Gasteiger partial charge in [0.05, 0.1) is 0 Å². The van der Waals surface area contributed by atoms with Crippen molar-refractivity contribution in [2.24, 2.45) is 5.92 Å². The van der Waals surface area contributed by atoms with E-state index in [-0.39, 0.29) is 0 Å². The SMILES string of the molecule is C=C(c1ccc(C)cc1)C(CS)CSCC. The molecule has 1 rings (SSSR count). The van der Waals surface area contributed by atoms with Gasteiger partial charge in [-0.1, -0.05) is 43.3 Å². The topological polar surface area (TPSA) is 0 Å². The molecule has 0 heterocycles.